The molecule has 0 spiro atoms. The van der Waals surface area contributed by atoms with Crippen LogP contribution in [0.2, 0.25) is 0 Å². The molecule has 1 aliphatic rings. The first-order chi connectivity index (χ1) is 11.5. The van der Waals surface area contributed by atoms with E-state index in [1.54, 1.807) is 44.3 Å². The quantitative estimate of drug-likeness (QED) is 0.942. The SMILES string of the molecule is C[C@H]1Oc2c(cccc2C(=O)N(C)Cc2cccc(F)c2)NC1=O. The Kier molecular flexibility index (Phi) is 4.20. The van der Waals surface area contributed by atoms with Crippen LogP contribution in [0.3, 0.4) is 0 Å². The van der Waals surface area contributed by atoms with Gasteiger partial charge in [0.15, 0.2) is 11.9 Å². The predicted molar refractivity (Wildman–Crippen MR) is 87.4 cm³/mol. The molecule has 0 saturated heterocycles. The van der Waals surface area contributed by atoms with E-state index in [0.717, 1.165) is 0 Å². The number of carbonyl (C=O) groups excluding carboxylic acids is 2. The van der Waals surface area contributed by atoms with E-state index >= 15 is 0 Å². The molecule has 6 heteroatoms. The van der Waals surface area contributed by atoms with Gasteiger partial charge in [0.05, 0.1) is 11.3 Å². The van der Waals surface area contributed by atoms with Gasteiger partial charge in [0.25, 0.3) is 11.8 Å². The molecule has 24 heavy (non-hydrogen) atoms. The monoisotopic (exact) mass is 328 g/mol. The molecular formula is C18H17FN2O3. The second kappa shape index (κ2) is 6.31. The summed E-state index contributed by atoms with van der Waals surface area (Å²) in [4.78, 5) is 25.9. The van der Waals surface area contributed by atoms with Gasteiger partial charge < -0.3 is 15.0 Å². The predicted octanol–water partition coefficient (Wildman–Crippen LogP) is 2.82. The van der Waals surface area contributed by atoms with Crippen LogP contribution in [0.1, 0.15) is 22.8 Å². The molecule has 0 aromatic heterocycles. The number of para-hydroxylation sites is 1. The molecule has 0 radical (unpaired) electrons. The zero-order valence-corrected chi connectivity index (χ0v) is 13.4. The Morgan fingerprint density at radius 3 is 2.79 bits per heavy atom. The summed E-state index contributed by atoms with van der Waals surface area (Å²) in [5.74, 6) is -0.495. The summed E-state index contributed by atoms with van der Waals surface area (Å²) < 4.78 is 18.9. The van der Waals surface area contributed by atoms with Crippen LogP contribution in [0.25, 0.3) is 0 Å². The summed E-state index contributed by atoms with van der Waals surface area (Å²) in [5, 5.41) is 2.72. The number of amides is 2. The van der Waals surface area contributed by atoms with Crippen LogP contribution >= 0.6 is 0 Å². The Bertz CT molecular complexity index is 807. The first-order valence-electron chi connectivity index (χ1n) is 7.56. The normalized spacial score (nSPS) is 16.0. The Labute approximate surface area is 139 Å². The average molecular weight is 328 g/mol. The summed E-state index contributed by atoms with van der Waals surface area (Å²) in [7, 11) is 1.64. The van der Waals surface area contributed by atoms with Crippen LogP contribution in [-0.2, 0) is 11.3 Å². The molecule has 1 N–H and O–H groups in total. The van der Waals surface area contributed by atoms with Crippen molar-refractivity contribution in [1.29, 1.82) is 0 Å². The van der Waals surface area contributed by atoms with Crippen LogP contribution < -0.4 is 10.1 Å². The lowest BCUT2D eigenvalue weighted by molar-refractivity contribution is -0.122. The van der Waals surface area contributed by atoms with Crippen molar-refractivity contribution >= 4 is 17.5 Å². The van der Waals surface area contributed by atoms with Crippen LogP contribution in [0, 0.1) is 5.82 Å². The summed E-state index contributed by atoms with van der Waals surface area (Å²) in [6.07, 6.45) is -0.667. The van der Waals surface area contributed by atoms with Crippen molar-refractivity contribution in [3.05, 3.63) is 59.4 Å². The Morgan fingerprint density at radius 1 is 1.29 bits per heavy atom. The summed E-state index contributed by atoms with van der Waals surface area (Å²) in [5.41, 5.74) is 1.53. The van der Waals surface area contributed by atoms with Gasteiger partial charge in [0.2, 0.25) is 0 Å². The number of ether oxygens (including phenoxy) is 1. The smallest absolute Gasteiger partial charge is 0.265 e. The average Bonchev–Trinajstić information content (AvgIpc) is 2.55. The molecule has 3 rings (SSSR count). The first-order valence-corrected chi connectivity index (χ1v) is 7.56. The lowest BCUT2D eigenvalue weighted by Crippen LogP contribution is -2.36. The Morgan fingerprint density at radius 2 is 2.04 bits per heavy atom. The Balaban J connectivity index is 1.85. The van der Waals surface area contributed by atoms with Crippen LogP contribution in [0.15, 0.2) is 42.5 Å². The van der Waals surface area contributed by atoms with Crippen molar-refractivity contribution in [2.45, 2.75) is 19.6 Å². The topological polar surface area (TPSA) is 58.6 Å². The number of hydrogen-bond donors (Lipinski definition) is 1. The van der Waals surface area contributed by atoms with E-state index in [2.05, 4.69) is 5.32 Å². The fourth-order valence-electron chi connectivity index (χ4n) is 2.58. The van der Waals surface area contributed by atoms with Gasteiger partial charge in [-0.1, -0.05) is 18.2 Å². The molecule has 1 heterocycles. The summed E-state index contributed by atoms with van der Waals surface area (Å²) >= 11 is 0. The summed E-state index contributed by atoms with van der Waals surface area (Å²) in [6, 6.07) is 11.1. The maximum atomic E-state index is 13.3. The van der Waals surface area contributed by atoms with Gasteiger partial charge in [0.1, 0.15) is 5.82 Å². The van der Waals surface area contributed by atoms with Gasteiger partial charge in [-0.15, -0.1) is 0 Å². The van der Waals surface area contributed by atoms with E-state index in [1.807, 2.05) is 0 Å². The minimum atomic E-state index is -0.667. The van der Waals surface area contributed by atoms with Crippen molar-refractivity contribution in [2.75, 3.05) is 12.4 Å². The van der Waals surface area contributed by atoms with Gasteiger partial charge in [-0.3, -0.25) is 9.59 Å². The van der Waals surface area contributed by atoms with Crippen LogP contribution in [-0.4, -0.2) is 29.9 Å². The third-order valence-corrected chi connectivity index (χ3v) is 3.82. The largest absolute Gasteiger partial charge is 0.478 e. The van der Waals surface area contributed by atoms with E-state index < -0.39 is 6.10 Å². The van der Waals surface area contributed by atoms with Crippen molar-refractivity contribution in [3.63, 3.8) is 0 Å². The van der Waals surface area contributed by atoms with Crippen molar-refractivity contribution in [2.24, 2.45) is 0 Å². The number of nitrogens with one attached hydrogen (secondary N) is 1. The van der Waals surface area contributed by atoms with Gasteiger partial charge in [-0.25, -0.2) is 4.39 Å². The molecule has 2 aromatic carbocycles. The van der Waals surface area contributed by atoms with Crippen molar-refractivity contribution in [1.82, 2.24) is 4.90 Å². The highest BCUT2D eigenvalue weighted by atomic mass is 19.1. The molecular weight excluding hydrogens is 311 g/mol. The highest BCUT2D eigenvalue weighted by Gasteiger charge is 2.28. The van der Waals surface area contributed by atoms with Crippen LogP contribution in [0.5, 0.6) is 5.75 Å². The molecule has 2 amide bonds. The zero-order chi connectivity index (χ0) is 17.3. The highest BCUT2D eigenvalue weighted by molar-refractivity contribution is 6.03. The molecule has 0 unspecified atom stereocenters. The maximum absolute atomic E-state index is 13.3. The fraction of sp³-hybridized carbons (Fsp3) is 0.222. The van der Waals surface area contributed by atoms with Gasteiger partial charge in [-0.2, -0.15) is 0 Å². The molecule has 0 bridgehead atoms. The van der Waals surface area contributed by atoms with Crippen LogP contribution in [0.4, 0.5) is 10.1 Å². The molecule has 1 aliphatic heterocycles. The van der Waals surface area contributed by atoms with Crippen molar-refractivity contribution in [3.8, 4) is 5.75 Å². The number of rotatable bonds is 3. The molecule has 1 atom stereocenters. The fourth-order valence-corrected chi connectivity index (χ4v) is 2.58. The third kappa shape index (κ3) is 3.08. The minimum Gasteiger partial charge on any atom is -0.478 e. The number of nitrogens with zero attached hydrogens (tertiary/aromatic N) is 1. The number of hydrogen-bond acceptors (Lipinski definition) is 3. The maximum Gasteiger partial charge on any atom is 0.265 e. The van der Waals surface area contributed by atoms with E-state index in [-0.39, 0.29) is 24.2 Å². The highest BCUT2D eigenvalue weighted by Crippen LogP contribution is 2.34. The van der Waals surface area contributed by atoms with Gasteiger partial charge >= 0.3 is 0 Å². The minimum absolute atomic E-state index is 0.250. The van der Waals surface area contributed by atoms with E-state index in [0.29, 0.717) is 22.6 Å². The molecule has 124 valence electrons. The second-order valence-corrected chi connectivity index (χ2v) is 5.72. The number of halogens is 1. The molecule has 0 saturated carbocycles. The summed E-state index contributed by atoms with van der Waals surface area (Å²) in [6.45, 7) is 1.89. The molecule has 0 aliphatic carbocycles. The second-order valence-electron chi connectivity index (χ2n) is 5.72. The number of anilines is 1. The van der Waals surface area contributed by atoms with E-state index in [4.69, 9.17) is 4.74 Å². The van der Waals surface area contributed by atoms with Gasteiger partial charge in [0, 0.05) is 13.6 Å². The zero-order valence-electron chi connectivity index (χ0n) is 13.4. The Hall–Kier alpha value is -2.89. The first kappa shape index (κ1) is 16.0. The number of carbonyl (C=O) groups is 2. The molecule has 2 aromatic rings. The van der Waals surface area contributed by atoms with E-state index in [9.17, 15) is 14.0 Å². The van der Waals surface area contributed by atoms with Gasteiger partial charge in [-0.05, 0) is 36.8 Å². The van der Waals surface area contributed by atoms with E-state index in [1.165, 1.54) is 17.0 Å². The van der Waals surface area contributed by atoms with Crippen molar-refractivity contribution < 1.29 is 18.7 Å². The standard InChI is InChI=1S/C18H17FN2O3/c1-11-17(22)20-15-8-4-7-14(16(15)24-11)18(23)21(2)10-12-5-3-6-13(19)9-12/h3-9,11H,10H2,1-2H3,(H,20,22)/t11-/m1/s1. The third-order valence-electron chi connectivity index (χ3n) is 3.82. The number of benzene rings is 2. The lowest BCUT2D eigenvalue weighted by Gasteiger charge is -2.26. The lowest BCUT2D eigenvalue weighted by atomic mass is 10.1. The molecule has 0 fully saturated rings. The molecule has 5 nitrogen and oxygen atoms in total. The number of fused-ring (bicyclic) bond motifs is 1.